The highest BCUT2D eigenvalue weighted by Crippen LogP contribution is 2.26. The number of fused-ring (bicyclic) bond motifs is 1. The molecule has 4 rings (SSSR count). The number of carbonyl (C=O) groups is 3. The molecular weight excluding hydrogens is 324 g/mol. The number of amides is 3. The second kappa shape index (κ2) is 6.06. The highest BCUT2D eigenvalue weighted by molar-refractivity contribution is 6.33. The molecule has 0 atom stereocenters. The molecule has 0 saturated carbocycles. The molecule has 0 unspecified atom stereocenters. The van der Waals surface area contributed by atoms with Gasteiger partial charge < -0.3 is 9.64 Å². The van der Waals surface area contributed by atoms with Crippen molar-refractivity contribution in [3.8, 4) is 0 Å². The predicted molar refractivity (Wildman–Crippen MR) is 86.3 cm³/mol. The van der Waals surface area contributed by atoms with Gasteiger partial charge in [0.1, 0.15) is 0 Å². The molecule has 1 aromatic carbocycles. The number of benzene rings is 1. The molecule has 0 aliphatic carbocycles. The van der Waals surface area contributed by atoms with Crippen LogP contribution in [0.3, 0.4) is 0 Å². The lowest BCUT2D eigenvalue weighted by molar-refractivity contribution is 0.0303. The number of morpholine rings is 1. The van der Waals surface area contributed by atoms with Crippen molar-refractivity contribution in [3.05, 3.63) is 53.6 Å². The van der Waals surface area contributed by atoms with Gasteiger partial charge >= 0.3 is 0 Å². The first kappa shape index (κ1) is 15.4. The van der Waals surface area contributed by atoms with Crippen LogP contribution in [0.2, 0.25) is 0 Å². The minimum Gasteiger partial charge on any atom is -0.378 e. The van der Waals surface area contributed by atoms with Crippen LogP contribution >= 0.6 is 0 Å². The fourth-order valence-corrected chi connectivity index (χ4v) is 2.89. The molecular formula is C17H14N4O4. The molecule has 0 bridgehead atoms. The summed E-state index contributed by atoms with van der Waals surface area (Å²) >= 11 is 0. The molecule has 2 aliphatic rings. The maximum absolute atomic E-state index is 12.4. The van der Waals surface area contributed by atoms with Gasteiger partial charge in [0, 0.05) is 31.0 Å². The van der Waals surface area contributed by atoms with E-state index in [0.29, 0.717) is 37.6 Å². The Balaban J connectivity index is 1.58. The van der Waals surface area contributed by atoms with E-state index in [9.17, 15) is 14.4 Å². The summed E-state index contributed by atoms with van der Waals surface area (Å²) in [5.41, 5.74) is 0.966. The average Bonchev–Trinajstić information content (AvgIpc) is 2.93. The van der Waals surface area contributed by atoms with Crippen LogP contribution in [0.15, 0.2) is 36.7 Å². The molecule has 126 valence electrons. The van der Waals surface area contributed by atoms with Gasteiger partial charge in [-0.3, -0.25) is 14.4 Å². The summed E-state index contributed by atoms with van der Waals surface area (Å²) in [6.07, 6.45) is 2.75. The topological polar surface area (TPSA) is 92.7 Å². The fraction of sp³-hybridized carbons (Fsp3) is 0.235. The second-order valence-electron chi connectivity index (χ2n) is 5.65. The van der Waals surface area contributed by atoms with Crippen molar-refractivity contribution in [2.75, 3.05) is 31.2 Å². The Hall–Kier alpha value is -3.13. The van der Waals surface area contributed by atoms with Gasteiger partial charge in [0.15, 0.2) is 11.4 Å². The van der Waals surface area contributed by atoms with E-state index in [1.165, 1.54) is 12.4 Å². The standard InChI is InChI=1S/C17H14N4O4/c22-15(20-7-9-25-10-8-20)11-1-3-12(4-2-11)21-16(23)13-14(17(21)24)19-6-5-18-13/h1-6H,7-10H2. The molecule has 2 aromatic rings. The maximum atomic E-state index is 12.4. The quantitative estimate of drug-likeness (QED) is 0.750. The van der Waals surface area contributed by atoms with E-state index in [1.54, 1.807) is 29.2 Å². The molecule has 1 saturated heterocycles. The van der Waals surface area contributed by atoms with Gasteiger partial charge in [-0.15, -0.1) is 0 Å². The van der Waals surface area contributed by atoms with Crippen LogP contribution in [0.25, 0.3) is 0 Å². The maximum Gasteiger partial charge on any atom is 0.286 e. The van der Waals surface area contributed by atoms with Gasteiger partial charge in [-0.25, -0.2) is 14.9 Å². The number of rotatable bonds is 2. The van der Waals surface area contributed by atoms with Crippen molar-refractivity contribution in [3.63, 3.8) is 0 Å². The molecule has 0 radical (unpaired) electrons. The number of hydrogen-bond donors (Lipinski definition) is 0. The molecule has 8 heteroatoms. The van der Waals surface area contributed by atoms with Gasteiger partial charge in [-0.05, 0) is 24.3 Å². The Kier molecular flexibility index (Phi) is 3.73. The first-order chi connectivity index (χ1) is 12.2. The van der Waals surface area contributed by atoms with Crippen molar-refractivity contribution in [1.82, 2.24) is 14.9 Å². The van der Waals surface area contributed by atoms with Crippen molar-refractivity contribution in [1.29, 1.82) is 0 Å². The number of hydrogen-bond acceptors (Lipinski definition) is 6. The highest BCUT2D eigenvalue weighted by atomic mass is 16.5. The monoisotopic (exact) mass is 338 g/mol. The van der Waals surface area contributed by atoms with Crippen molar-refractivity contribution < 1.29 is 19.1 Å². The van der Waals surface area contributed by atoms with E-state index in [-0.39, 0.29) is 17.3 Å². The van der Waals surface area contributed by atoms with Crippen molar-refractivity contribution in [2.24, 2.45) is 0 Å². The smallest absolute Gasteiger partial charge is 0.286 e. The Morgan fingerprint density at radius 1 is 0.920 bits per heavy atom. The van der Waals surface area contributed by atoms with Gasteiger partial charge in [0.25, 0.3) is 17.7 Å². The molecule has 1 fully saturated rings. The van der Waals surface area contributed by atoms with Crippen molar-refractivity contribution in [2.45, 2.75) is 0 Å². The van der Waals surface area contributed by atoms with E-state index in [1.807, 2.05) is 0 Å². The third kappa shape index (κ3) is 2.56. The van der Waals surface area contributed by atoms with Crippen molar-refractivity contribution >= 4 is 23.4 Å². The van der Waals surface area contributed by atoms with E-state index in [0.717, 1.165) is 4.90 Å². The largest absolute Gasteiger partial charge is 0.378 e. The number of anilines is 1. The Morgan fingerprint density at radius 3 is 2.04 bits per heavy atom. The Morgan fingerprint density at radius 2 is 1.48 bits per heavy atom. The van der Waals surface area contributed by atoms with Crippen LogP contribution in [0.1, 0.15) is 31.3 Å². The van der Waals surface area contributed by atoms with Gasteiger partial charge in [0.2, 0.25) is 0 Å². The predicted octanol–water partition coefficient (Wildman–Crippen LogP) is 0.750. The summed E-state index contributed by atoms with van der Waals surface area (Å²) in [5, 5.41) is 0. The first-order valence-electron chi connectivity index (χ1n) is 7.83. The summed E-state index contributed by atoms with van der Waals surface area (Å²) in [7, 11) is 0. The average molecular weight is 338 g/mol. The van der Waals surface area contributed by atoms with E-state index in [2.05, 4.69) is 9.97 Å². The molecule has 8 nitrogen and oxygen atoms in total. The van der Waals surface area contributed by atoms with E-state index in [4.69, 9.17) is 4.74 Å². The van der Waals surface area contributed by atoms with Crippen LogP contribution in [-0.2, 0) is 4.74 Å². The summed E-state index contributed by atoms with van der Waals surface area (Å²) < 4.78 is 5.24. The number of aromatic nitrogens is 2. The minimum absolute atomic E-state index is 0.0426. The second-order valence-corrected chi connectivity index (χ2v) is 5.65. The van der Waals surface area contributed by atoms with Crippen LogP contribution in [0, 0.1) is 0 Å². The zero-order valence-electron chi connectivity index (χ0n) is 13.2. The molecule has 3 amide bonds. The van der Waals surface area contributed by atoms with E-state index >= 15 is 0 Å². The summed E-state index contributed by atoms with van der Waals surface area (Å²) in [6, 6.07) is 6.37. The van der Waals surface area contributed by atoms with Crippen LogP contribution < -0.4 is 4.90 Å². The van der Waals surface area contributed by atoms with Gasteiger partial charge in [0.05, 0.1) is 18.9 Å². The van der Waals surface area contributed by atoms with E-state index < -0.39 is 11.8 Å². The third-order valence-corrected chi connectivity index (χ3v) is 4.18. The molecule has 1 aromatic heterocycles. The molecule has 0 spiro atoms. The molecule has 25 heavy (non-hydrogen) atoms. The number of nitrogens with zero attached hydrogens (tertiary/aromatic N) is 4. The number of carbonyl (C=O) groups excluding carboxylic acids is 3. The SMILES string of the molecule is O=C(c1ccc(N2C(=O)c3nccnc3C2=O)cc1)N1CCOCC1. The molecule has 3 heterocycles. The molecule has 2 aliphatic heterocycles. The lowest BCUT2D eigenvalue weighted by Gasteiger charge is -2.27. The summed E-state index contributed by atoms with van der Waals surface area (Å²) in [6.45, 7) is 2.16. The Labute approximate surface area is 143 Å². The summed E-state index contributed by atoms with van der Waals surface area (Å²) in [4.78, 5) is 47.8. The minimum atomic E-state index is -0.514. The van der Waals surface area contributed by atoms with Gasteiger partial charge in [-0.1, -0.05) is 0 Å². The van der Waals surface area contributed by atoms with Gasteiger partial charge in [-0.2, -0.15) is 0 Å². The zero-order valence-corrected chi connectivity index (χ0v) is 13.2. The lowest BCUT2D eigenvalue weighted by Crippen LogP contribution is -2.40. The Bertz CT molecular complexity index is 824. The van der Waals surface area contributed by atoms with Crippen LogP contribution in [-0.4, -0.2) is 58.9 Å². The number of ether oxygens (including phenoxy) is 1. The first-order valence-corrected chi connectivity index (χ1v) is 7.83. The number of imide groups is 1. The zero-order chi connectivity index (χ0) is 17.4. The lowest BCUT2D eigenvalue weighted by atomic mass is 10.1. The fourth-order valence-electron chi connectivity index (χ4n) is 2.89. The third-order valence-electron chi connectivity index (χ3n) is 4.18. The normalized spacial score (nSPS) is 17.0. The van der Waals surface area contributed by atoms with Crippen LogP contribution in [0.4, 0.5) is 5.69 Å². The van der Waals surface area contributed by atoms with Crippen LogP contribution in [0.5, 0.6) is 0 Å². The highest BCUT2D eigenvalue weighted by Gasteiger charge is 2.39. The summed E-state index contributed by atoms with van der Waals surface area (Å²) in [5.74, 6) is -1.12. The molecule has 0 N–H and O–H groups in total.